The van der Waals surface area contributed by atoms with E-state index in [0.29, 0.717) is 19.5 Å². The number of carbonyl (C=O) groups is 1. The first-order valence-corrected chi connectivity index (χ1v) is 10.9. The van der Waals surface area contributed by atoms with Crippen molar-refractivity contribution < 1.29 is 9.53 Å². The number of amides is 1. The zero-order valence-corrected chi connectivity index (χ0v) is 17.4. The molecule has 2 fully saturated rings. The second-order valence-electron chi connectivity index (χ2n) is 8.73. The maximum atomic E-state index is 12.7. The molecule has 3 aliphatic rings. The van der Waals surface area contributed by atoms with E-state index in [4.69, 9.17) is 9.72 Å². The van der Waals surface area contributed by atoms with Crippen molar-refractivity contribution in [2.45, 2.75) is 44.7 Å². The number of likely N-dealkylation sites (tertiary alicyclic amines) is 1. The Kier molecular flexibility index (Phi) is 5.06. The normalized spacial score (nSPS) is 21.5. The summed E-state index contributed by atoms with van der Waals surface area (Å²) in [6.07, 6.45) is 3.64. The lowest BCUT2D eigenvalue weighted by Crippen LogP contribution is -2.36. The van der Waals surface area contributed by atoms with Crippen LogP contribution >= 0.6 is 0 Å². The van der Waals surface area contributed by atoms with Crippen LogP contribution in [0.4, 0.5) is 0 Å². The number of aromatic nitrogens is 2. The van der Waals surface area contributed by atoms with Crippen LogP contribution in [0.5, 0.6) is 5.75 Å². The van der Waals surface area contributed by atoms with Gasteiger partial charge in [-0.05, 0) is 43.4 Å². The Bertz CT molecular complexity index is 996. The van der Waals surface area contributed by atoms with Gasteiger partial charge in [0.25, 0.3) is 5.56 Å². The van der Waals surface area contributed by atoms with Crippen LogP contribution < -0.4 is 10.3 Å². The third-order valence-electron chi connectivity index (χ3n) is 6.55. The van der Waals surface area contributed by atoms with Crippen molar-refractivity contribution >= 4 is 5.91 Å². The summed E-state index contributed by atoms with van der Waals surface area (Å²) in [5.74, 6) is 2.25. The van der Waals surface area contributed by atoms with E-state index in [1.807, 2.05) is 17.0 Å². The third kappa shape index (κ3) is 3.86. The second kappa shape index (κ2) is 7.87. The fourth-order valence-corrected chi connectivity index (χ4v) is 4.60. The minimum Gasteiger partial charge on any atom is -0.497 e. The maximum Gasteiger partial charge on any atom is 0.254 e. The number of aromatic amines is 1. The fourth-order valence-electron chi connectivity index (χ4n) is 4.60. The molecule has 0 bridgehead atoms. The zero-order valence-electron chi connectivity index (χ0n) is 17.4. The Hall–Kier alpha value is -2.67. The number of benzene rings is 1. The average Bonchev–Trinajstić information content (AvgIpc) is 3.49. The topological polar surface area (TPSA) is 78.5 Å². The maximum absolute atomic E-state index is 12.7. The molecule has 2 aromatic rings. The molecular weight excluding hydrogens is 380 g/mol. The predicted molar refractivity (Wildman–Crippen MR) is 112 cm³/mol. The molecule has 7 nitrogen and oxygen atoms in total. The van der Waals surface area contributed by atoms with E-state index in [-0.39, 0.29) is 23.3 Å². The van der Waals surface area contributed by atoms with E-state index < -0.39 is 0 Å². The van der Waals surface area contributed by atoms with Gasteiger partial charge in [0.15, 0.2) is 0 Å². The highest BCUT2D eigenvalue weighted by Crippen LogP contribution is 2.34. The van der Waals surface area contributed by atoms with Gasteiger partial charge >= 0.3 is 0 Å². The third-order valence-corrected chi connectivity index (χ3v) is 6.55. The summed E-state index contributed by atoms with van der Waals surface area (Å²) >= 11 is 0. The van der Waals surface area contributed by atoms with Crippen LogP contribution in [0, 0.1) is 5.92 Å². The van der Waals surface area contributed by atoms with Crippen molar-refractivity contribution in [3.05, 3.63) is 57.3 Å². The molecule has 1 aliphatic carbocycles. The summed E-state index contributed by atoms with van der Waals surface area (Å²) in [5, 5.41) is 0. The summed E-state index contributed by atoms with van der Waals surface area (Å²) in [5.41, 5.74) is 2.91. The first-order chi connectivity index (χ1) is 14.6. The molecule has 158 valence electrons. The van der Waals surface area contributed by atoms with Gasteiger partial charge in [-0.2, -0.15) is 0 Å². The van der Waals surface area contributed by atoms with Crippen LogP contribution in [0.3, 0.4) is 0 Å². The van der Waals surface area contributed by atoms with Gasteiger partial charge in [0.1, 0.15) is 11.6 Å². The number of hydrogen-bond donors (Lipinski definition) is 1. The standard InChI is InChI=1S/C23H28N4O3/c1-30-18-6-2-15(3-7-18)12-26-10-9-19-20(14-26)24-21(25-22(19)28)17-8-11-27(13-17)23(29)16-4-5-16/h2-3,6-7,16-17H,4-5,8-14H2,1H3,(H,24,25,28)/t17-/m0/s1. The molecule has 0 unspecified atom stereocenters. The molecule has 5 rings (SSSR count). The van der Waals surface area contributed by atoms with Crippen LogP contribution in [-0.4, -0.2) is 52.4 Å². The Morgan fingerprint density at radius 1 is 1.20 bits per heavy atom. The minimum atomic E-state index is -0.00827. The number of methoxy groups -OCH3 is 1. The molecule has 1 saturated carbocycles. The van der Waals surface area contributed by atoms with Gasteiger partial charge in [-0.1, -0.05) is 12.1 Å². The lowest BCUT2D eigenvalue weighted by atomic mass is 10.0. The molecule has 1 saturated heterocycles. The van der Waals surface area contributed by atoms with Crippen molar-refractivity contribution in [1.29, 1.82) is 0 Å². The molecule has 1 amide bonds. The summed E-state index contributed by atoms with van der Waals surface area (Å²) in [7, 11) is 1.67. The summed E-state index contributed by atoms with van der Waals surface area (Å²) < 4.78 is 5.23. The molecule has 3 heterocycles. The molecule has 0 radical (unpaired) electrons. The highest BCUT2D eigenvalue weighted by Gasteiger charge is 2.37. The van der Waals surface area contributed by atoms with E-state index in [9.17, 15) is 9.59 Å². The van der Waals surface area contributed by atoms with Gasteiger partial charge in [0, 0.05) is 50.1 Å². The summed E-state index contributed by atoms with van der Waals surface area (Å²) in [6, 6.07) is 8.11. The van der Waals surface area contributed by atoms with Gasteiger partial charge in [-0.3, -0.25) is 14.5 Å². The van der Waals surface area contributed by atoms with Crippen molar-refractivity contribution in [3.63, 3.8) is 0 Å². The van der Waals surface area contributed by atoms with Gasteiger partial charge in [-0.15, -0.1) is 0 Å². The quantitative estimate of drug-likeness (QED) is 0.819. The van der Waals surface area contributed by atoms with Crippen molar-refractivity contribution in [2.75, 3.05) is 26.7 Å². The van der Waals surface area contributed by atoms with Gasteiger partial charge in [0.2, 0.25) is 5.91 Å². The van der Waals surface area contributed by atoms with Crippen molar-refractivity contribution in [1.82, 2.24) is 19.8 Å². The van der Waals surface area contributed by atoms with Crippen molar-refractivity contribution in [3.8, 4) is 5.75 Å². The number of ether oxygens (including phenoxy) is 1. The van der Waals surface area contributed by atoms with Crippen LogP contribution in [0.25, 0.3) is 0 Å². The monoisotopic (exact) mass is 408 g/mol. The summed E-state index contributed by atoms with van der Waals surface area (Å²) in [4.78, 5) is 37.2. The van der Waals surface area contributed by atoms with Crippen LogP contribution in [0.15, 0.2) is 29.1 Å². The Morgan fingerprint density at radius 2 is 2.00 bits per heavy atom. The molecule has 1 atom stereocenters. The van der Waals surface area contributed by atoms with Crippen LogP contribution in [0.1, 0.15) is 47.8 Å². The zero-order chi connectivity index (χ0) is 20.7. The molecule has 0 spiro atoms. The molecule has 1 aromatic carbocycles. The molecule has 7 heteroatoms. The van der Waals surface area contributed by atoms with Gasteiger partial charge in [-0.25, -0.2) is 4.98 Å². The largest absolute Gasteiger partial charge is 0.497 e. The number of nitrogens with zero attached hydrogens (tertiary/aromatic N) is 3. The van der Waals surface area contributed by atoms with E-state index in [1.54, 1.807) is 7.11 Å². The number of fused-ring (bicyclic) bond motifs is 1. The van der Waals surface area contributed by atoms with E-state index in [0.717, 1.165) is 61.7 Å². The SMILES string of the molecule is COc1ccc(CN2CCc3c(nc([C@H]4CCN(C(=O)C5CC5)C4)[nH]c3=O)C2)cc1. The molecule has 1 N–H and O–H groups in total. The van der Waals surface area contributed by atoms with E-state index >= 15 is 0 Å². The molecular formula is C23H28N4O3. The lowest BCUT2D eigenvalue weighted by molar-refractivity contribution is -0.131. The fraction of sp³-hybridized carbons (Fsp3) is 0.522. The first kappa shape index (κ1) is 19.3. The molecule has 1 aromatic heterocycles. The van der Waals surface area contributed by atoms with E-state index in [1.165, 1.54) is 5.56 Å². The Morgan fingerprint density at radius 3 is 2.73 bits per heavy atom. The van der Waals surface area contributed by atoms with Crippen molar-refractivity contribution in [2.24, 2.45) is 5.92 Å². The van der Waals surface area contributed by atoms with E-state index in [2.05, 4.69) is 22.0 Å². The number of hydrogen-bond acceptors (Lipinski definition) is 5. The van der Waals surface area contributed by atoms with Gasteiger partial charge < -0.3 is 14.6 Å². The average molecular weight is 409 g/mol. The smallest absolute Gasteiger partial charge is 0.254 e. The number of rotatable bonds is 5. The second-order valence-corrected chi connectivity index (χ2v) is 8.73. The highest BCUT2D eigenvalue weighted by atomic mass is 16.5. The summed E-state index contributed by atoms with van der Waals surface area (Å²) in [6.45, 7) is 3.78. The van der Waals surface area contributed by atoms with Crippen LogP contribution in [0.2, 0.25) is 0 Å². The lowest BCUT2D eigenvalue weighted by Gasteiger charge is -2.28. The predicted octanol–water partition coefficient (Wildman–Crippen LogP) is 2.06. The first-order valence-electron chi connectivity index (χ1n) is 10.9. The van der Waals surface area contributed by atoms with Gasteiger partial charge in [0.05, 0.1) is 12.8 Å². The number of H-pyrrole nitrogens is 1. The Balaban J connectivity index is 1.29. The highest BCUT2D eigenvalue weighted by molar-refractivity contribution is 5.81. The Labute approximate surface area is 176 Å². The number of carbonyl (C=O) groups excluding carboxylic acids is 1. The molecule has 30 heavy (non-hydrogen) atoms. The molecule has 2 aliphatic heterocycles. The minimum absolute atomic E-state index is 0.00827. The number of nitrogens with one attached hydrogen (secondary N) is 1. The van der Waals surface area contributed by atoms with Crippen LogP contribution in [-0.2, 0) is 24.3 Å².